The summed E-state index contributed by atoms with van der Waals surface area (Å²) < 4.78 is 33.3. The van der Waals surface area contributed by atoms with Gasteiger partial charge in [0, 0.05) is 21.5 Å². The van der Waals surface area contributed by atoms with Gasteiger partial charge < -0.3 is 34.2 Å². The van der Waals surface area contributed by atoms with E-state index < -0.39 is 38.4 Å². The van der Waals surface area contributed by atoms with Crippen LogP contribution in [-0.4, -0.2) is 88.8 Å². The lowest BCUT2D eigenvalue weighted by Crippen LogP contribution is -2.41. The van der Waals surface area contributed by atoms with Crippen LogP contribution in [0, 0.1) is 0 Å². The summed E-state index contributed by atoms with van der Waals surface area (Å²) in [5.41, 5.74) is 8.38. The van der Waals surface area contributed by atoms with Crippen molar-refractivity contribution in [3.05, 3.63) is 35.4 Å². The first-order chi connectivity index (χ1) is 22.8. The van der Waals surface area contributed by atoms with Gasteiger partial charge in [0.15, 0.2) is 17.0 Å². The number of imidazole rings is 1. The van der Waals surface area contributed by atoms with E-state index in [1.54, 1.807) is 60.1 Å². The van der Waals surface area contributed by atoms with Gasteiger partial charge in [-0.05, 0) is 59.6 Å². The Hall–Kier alpha value is -4.11. The average molecular weight is 692 g/mol. The molecule has 0 aliphatic carbocycles. The van der Waals surface area contributed by atoms with Crippen LogP contribution in [0.15, 0.2) is 24.3 Å². The largest absolute Gasteiger partial charge is 0.516 e. The standard InChI is InChI=1S/C31H46N7O9P/c1-9-43-31(41)47-30-33-24-25(32)34-29(44-14-13-42-8)35-26(24)38(30)16-22-11-10-12-23(15-22)17-48(36-20(6)27(39)45-18(2)3)37-21(7)28(40)46-19(4)5/h10-12,15,18-21,36-37H,9,13-14,16-17H2,1-8H3,(H2,32,34,35). The molecule has 16 nitrogen and oxygen atoms in total. The molecule has 0 saturated carbocycles. The third-order valence-corrected chi connectivity index (χ3v) is 8.38. The molecule has 17 heteroatoms. The van der Waals surface area contributed by atoms with Crippen LogP contribution in [0.4, 0.5) is 10.6 Å². The van der Waals surface area contributed by atoms with Gasteiger partial charge in [0.1, 0.15) is 18.7 Å². The molecule has 2 aromatic heterocycles. The van der Waals surface area contributed by atoms with Gasteiger partial charge >= 0.3 is 30.1 Å². The van der Waals surface area contributed by atoms with Crippen molar-refractivity contribution in [2.24, 2.45) is 0 Å². The average Bonchev–Trinajstić information content (AvgIpc) is 3.33. The van der Waals surface area contributed by atoms with E-state index in [-0.39, 0.29) is 61.0 Å². The van der Waals surface area contributed by atoms with Crippen molar-refractivity contribution in [1.29, 1.82) is 0 Å². The van der Waals surface area contributed by atoms with Crippen LogP contribution in [0.5, 0.6) is 12.0 Å². The number of fused-ring (bicyclic) bond motifs is 1. The van der Waals surface area contributed by atoms with Crippen LogP contribution >= 0.6 is 8.22 Å². The van der Waals surface area contributed by atoms with Gasteiger partial charge in [-0.2, -0.15) is 15.0 Å². The maximum atomic E-state index is 12.6. The van der Waals surface area contributed by atoms with Crippen LogP contribution in [0.25, 0.3) is 11.2 Å². The number of aromatic nitrogens is 4. The molecule has 0 bridgehead atoms. The Kier molecular flexibility index (Phi) is 14.7. The highest BCUT2D eigenvalue weighted by Crippen LogP contribution is 2.34. The molecule has 1 aromatic carbocycles. The molecule has 2 heterocycles. The fraction of sp³-hybridized carbons (Fsp3) is 0.548. The molecule has 4 N–H and O–H groups in total. The van der Waals surface area contributed by atoms with Crippen LogP contribution in [0.3, 0.4) is 0 Å². The first kappa shape index (κ1) is 38.3. The fourth-order valence-electron chi connectivity index (χ4n) is 4.27. The zero-order chi connectivity index (χ0) is 35.4. The van der Waals surface area contributed by atoms with E-state index in [4.69, 9.17) is 34.2 Å². The Morgan fingerprint density at radius 2 is 1.54 bits per heavy atom. The summed E-state index contributed by atoms with van der Waals surface area (Å²) in [7, 11) is 0.214. The minimum Gasteiger partial charge on any atom is -0.462 e. The Labute approximate surface area is 281 Å². The number of hydrogen-bond donors (Lipinski definition) is 3. The lowest BCUT2D eigenvalue weighted by atomic mass is 10.1. The lowest BCUT2D eigenvalue weighted by Gasteiger charge is -2.27. The molecule has 0 fully saturated rings. The summed E-state index contributed by atoms with van der Waals surface area (Å²) in [5, 5.41) is 6.61. The predicted octanol–water partition coefficient (Wildman–Crippen LogP) is 3.69. The number of nitrogens with one attached hydrogen (secondary N) is 2. The van der Waals surface area contributed by atoms with E-state index in [9.17, 15) is 14.4 Å². The molecule has 0 aliphatic rings. The van der Waals surface area contributed by atoms with Crippen molar-refractivity contribution in [2.75, 3.05) is 32.7 Å². The molecule has 0 spiro atoms. The van der Waals surface area contributed by atoms with Crippen LogP contribution in [0.2, 0.25) is 0 Å². The van der Waals surface area contributed by atoms with E-state index in [1.165, 1.54) is 0 Å². The smallest absolute Gasteiger partial charge is 0.462 e. The maximum absolute atomic E-state index is 12.6. The molecular formula is C31H46N7O9P. The number of rotatable bonds is 18. The minimum atomic E-state index is -1.33. The van der Waals surface area contributed by atoms with E-state index in [0.717, 1.165) is 11.1 Å². The first-order valence-electron chi connectivity index (χ1n) is 15.6. The van der Waals surface area contributed by atoms with E-state index >= 15 is 0 Å². The van der Waals surface area contributed by atoms with Crippen LogP contribution < -0.4 is 25.4 Å². The number of nitrogens with zero attached hydrogens (tertiary/aromatic N) is 4. The Morgan fingerprint density at radius 1 is 0.917 bits per heavy atom. The fourth-order valence-corrected chi connectivity index (χ4v) is 6.23. The van der Waals surface area contributed by atoms with E-state index in [2.05, 4.69) is 25.1 Å². The topological polar surface area (TPSA) is 200 Å². The number of nitrogen functional groups attached to an aromatic ring is 1. The number of anilines is 1. The highest BCUT2D eigenvalue weighted by Gasteiger charge is 2.26. The number of nitrogens with two attached hydrogens (primary N) is 1. The second-order valence-corrected chi connectivity index (χ2v) is 12.9. The van der Waals surface area contributed by atoms with Crippen molar-refractivity contribution in [3.63, 3.8) is 0 Å². The molecule has 3 aromatic rings. The van der Waals surface area contributed by atoms with Gasteiger partial charge in [-0.15, -0.1) is 0 Å². The summed E-state index contributed by atoms with van der Waals surface area (Å²) in [6.07, 6.45) is -1.05. The van der Waals surface area contributed by atoms with Gasteiger partial charge in [0.05, 0.1) is 32.0 Å². The van der Waals surface area contributed by atoms with Gasteiger partial charge in [-0.1, -0.05) is 24.3 Å². The molecule has 0 radical (unpaired) electrons. The number of benzene rings is 1. The zero-order valence-corrected chi connectivity index (χ0v) is 29.5. The molecule has 0 aliphatic heterocycles. The van der Waals surface area contributed by atoms with E-state index in [1.807, 2.05) is 24.3 Å². The zero-order valence-electron chi connectivity index (χ0n) is 28.6. The number of carbonyl (C=O) groups excluding carboxylic acids is 3. The molecule has 3 rings (SSSR count). The van der Waals surface area contributed by atoms with Crippen molar-refractivity contribution in [1.82, 2.24) is 29.7 Å². The van der Waals surface area contributed by atoms with Gasteiger partial charge in [0.25, 0.3) is 0 Å². The second-order valence-electron chi connectivity index (χ2n) is 11.2. The molecule has 48 heavy (non-hydrogen) atoms. The molecular weight excluding hydrogens is 645 g/mol. The monoisotopic (exact) mass is 691 g/mol. The molecule has 0 saturated heterocycles. The molecule has 2 atom stereocenters. The van der Waals surface area contributed by atoms with Crippen LogP contribution in [0.1, 0.15) is 59.6 Å². The van der Waals surface area contributed by atoms with E-state index in [0.29, 0.717) is 12.8 Å². The number of carbonyl (C=O) groups is 3. The van der Waals surface area contributed by atoms with Gasteiger partial charge in [-0.25, -0.2) is 4.79 Å². The number of esters is 2. The number of ether oxygens (including phenoxy) is 6. The lowest BCUT2D eigenvalue weighted by molar-refractivity contribution is -0.149. The molecule has 0 amide bonds. The van der Waals surface area contributed by atoms with Crippen molar-refractivity contribution in [2.45, 2.75) is 85.5 Å². The molecule has 2 unspecified atom stereocenters. The number of methoxy groups -OCH3 is 1. The number of hydrogen-bond acceptors (Lipinski definition) is 15. The van der Waals surface area contributed by atoms with Crippen molar-refractivity contribution >= 4 is 43.3 Å². The highest BCUT2D eigenvalue weighted by molar-refractivity contribution is 7.52. The SMILES string of the molecule is CCOC(=O)Oc1nc2c(N)nc(OCCOC)nc2n1Cc1cccc(CP(NC(C)C(=O)OC(C)C)NC(C)C(=O)OC(C)C)c1. The Morgan fingerprint density at radius 3 is 2.12 bits per heavy atom. The second kappa shape index (κ2) is 18.4. The highest BCUT2D eigenvalue weighted by atomic mass is 31.1. The summed E-state index contributed by atoms with van der Waals surface area (Å²) in [6, 6.07) is 6.27. The third kappa shape index (κ3) is 11.5. The predicted molar refractivity (Wildman–Crippen MR) is 179 cm³/mol. The maximum Gasteiger partial charge on any atom is 0.516 e. The third-order valence-electron chi connectivity index (χ3n) is 6.30. The minimum absolute atomic E-state index is 0.00709. The Bertz CT molecular complexity index is 1510. The Balaban J connectivity index is 1.94. The van der Waals surface area contributed by atoms with Crippen molar-refractivity contribution in [3.8, 4) is 12.0 Å². The normalized spacial score (nSPS) is 13.3. The summed E-state index contributed by atoms with van der Waals surface area (Å²) in [5.74, 6) is -0.775. The van der Waals surface area contributed by atoms with Crippen LogP contribution in [-0.2, 0) is 41.2 Å². The van der Waals surface area contributed by atoms with Gasteiger partial charge in [-0.3, -0.25) is 24.3 Å². The summed E-state index contributed by atoms with van der Waals surface area (Å²) >= 11 is 0. The summed E-state index contributed by atoms with van der Waals surface area (Å²) in [4.78, 5) is 50.6. The molecule has 264 valence electrons. The first-order valence-corrected chi connectivity index (χ1v) is 17.1. The van der Waals surface area contributed by atoms with Crippen molar-refractivity contribution < 1.29 is 42.8 Å². The summed E-state index contributed by atoms with van der Waals surface area (Å²) in [6.45, 7) is 13.0. The van der Waals surface area contributed by atoms with Gasteiger partial charge in [0.2, 0.25) is 0 Å². The quantitative estimate of drug-likeness (QED) is 0.0754.